The Labute approximate surface area is 63.9 Å². The van der Waals surface area contributed by atoms with E-state index in [0.717, 1.165) is 0 Å². The number of nitrogens with zero attached hydrogens (tertiary/aromatic N) is 2. The smallest absolute Gasteiger partial charge is 0.279 e. The Hall–Kier alpha value is -0.610. The minimum Gasteiger partial charge on any atom is -0.337 e. The predicted octanol–water partition coefficient (Wildman–Crippen LogP) is 1.20. The maximum atomic E-state index is 5.73. The number of nitrogens with one attached hydrogen (secondary N) is 1. The van der Waals surface area contributed by atoms with Crippen molar-refractivity contribution < 1.29 is 4.74 Å². The molecule has 0 saturated heterocycles. The molecule has 0 aliphatic carbocycles. The van der Waals surface area contributed by atoms with Gasteiger partial charge in [0, 0.05) is 12.7 Å². The van der Waals surface area contributed by atoms with Gasteiger partial charge in [-0.05, 0) is 6.92 Å². The summed E-state index contributed by atoms with van der Waals surface area (Å²) in [5, 5.41) is 5.88. The molecule has 1 aliphatic rings. The summed E-state index contributed by atoms with van der Waals surface area (Å²) in [4.78, 5) is 0. The van der Waals surface area contributed by atoms with Gasteiger partial charge in [-0.1, -0.05) is 16.8 Å². The van der Waals surface area contributed by atoms with E-state index >= 15 is 0 Å². The molecule has 4 nitrogen and oxygen atoms in total. The molecule has 0 aromatic rings. The molecule has 10 heavy (non-hydrogen) atoms. The summed E-state index contributed by atoms with van der Waals surface area (Å²) in [6.07, 6.45) is 4.03. The molecule has 0 bridgehead atoms. The van der Waals surface area contributed by atoms with E-state index in [2.05, 4.69) is 22.0 Å². The molecular weight excluding hydrogens is 154 g/mol. The van der Waals surface area contributed by atoms with Crippen molar-refractivity contribution >= 4 is 11.6 Å². The van der Waals surface area contributed by atoms with E-state index in [-0.39, 0.29) is 0 Å². The van der Waals surface area contributed by atoms with Crippen molar-refractivity contribution in [3.63, 3.8) is 0 Å². The van der Waals surface area contributed by atoms with Crippen molar-refractivity contribution in [3.05, 3.63) is 12.3 Å². The van der Waals surface area contributed by atoms with Crippen LogP contribution in [0.4, 0.5) is 0 Å². The number of alkyl halides is 1. The highest BCUT2D eigenvalue weighted by atomic mass is 35.5. The van der Waals surface area contributed by atoms with Crippen LogP contribution in [-0.2, 0) is 4.74 Å². The highest BCUT2D eigenvalue weighted by Crippen LogP contribution is 2.21. The molecule has 1 N–H and O–H groups in total. The molecule has 1 unspecified atom stereocenters. The van der Waals surface area contributed by atoms with Gasteiger partial charge in [-0.2, -0.15) is 0 Å². The van der Waals surface area contributed by atoms with E-state index in [0.29, 0.717) is 6.61 Å². The second-order valence-corrected chi connectivity index (χ2v) is 2.18. The molecular formula is C5H7ClN3O. The fourth-order valence-electron chi connectivity index (χ4n) is 0.545. The minimum atomic E-state index is -1.14. The first-order valence-electron chi connectivity index (χ1n) is 2.86. The van der Waals surface area contributed by atoms with Crippen molar-refractivity contribution in [2.24, 2.45) is 10.3 Å². The maximum Gasteiger partial charge on any atom is 0.279 e. The highest BCUT2D eigenvalue weighted by Gasteiger charge is 2.25. The van der Waals surface area contributed by atoms with Gasteiger partial charge in [0.2, 0.25) is 0 Å². The van der Waals surface area contributed by atoms with Gasteiger partial charge in [0.15, 0.2) is 0 Å². The average molecular weight is 161 g/mol. The van der Waals surface area contributed by atoms with Crippen molar-refractivity contribution in [1.82, 2.24) is 5.43 Å². The van der Waals surface area contributed by atoms with Crippen molar-refractivity contribution in [2.45, 2.75) is 12.1 Å². The van der Waals surface area contributed by atoms with Crippen LogP contribution >= 0.6 is 11.6 Å². The van der Waals surface area contributed by atoms with Crippen LogP contribution in [0.25, 0.3) is 0 Å². The fourth-order valence-corrected chi connectivity index (χ4v) is 0.747. The van der Waals surface area contributed by atoms with Crippen LogP contribution in [-0.4, -0.2) is 11.8 Å². The van der Waals surface area contributed by atoms with Crippen LogP contribution in [0.2, 0.25) is 0 Å². The Kier molecular flexibility index (Phi) is 2.24. The zero-order chi connectivity index (χ0) is 7.45. The van der Waals surface area contributed by atoms with Gasteiger partial charge in [0.1, 0.15) is 0 Å². The fraction of sp³-hybridized carbons (Fsp3) is 0.600. The molecule has 0 saturated carbocycles. The van der Waals surface area contributed by atoms with Gasteiger partial charge in [0.05, 0.1) is 6.20 Å². The Morgan fingerprint density at radius 3 is 3.20 bits per heavy atom. The molecule has 1 atom stereocenters. The Balaban J connectivity index is 2.56. The number of ether oxygens (including phenoxy) is 1. The first-order valence-corrected chi connectivity index (χ1v) is 3.24. The molecule has 5 heteroatoms. The van der Waals surface area contributed by atoms with E-state index in [1.54, 1.807) is 0 Å². The van der Waals surface area contributed by atoms with Gasteiger partial charge in [0.25, 0.3) is 5.18 Å². The zero-order valence-electron chi connectivity index (χ0n) is 5.47. The summed E-state index contributed by atoms with van der Waals surface area (Å²) in [6.45, 7) is 2.32. The molecule has 0 spiro atoms. The first-order chi connectivity index (χ1) is 4.77. The van der Waals surface area contributed by atoms with Gasteiger partial charge in [-0.25, -0.2) is 0 Å². The summed E-state index contributed by atoms with van der Waals surface area (Å²) >= 11 is 5.73. The van der Waals surface area contributed by atoms with Gasteiger partial charge >= 0.3 is 0 Å². The molecule has 0 amide bonds. The van der Waals surface area contributed by atoms with Gasteiger partial charge in [-0.15, -0.1) is 5.11 Å². The Bertz CT molecular complexity index is 156. The molecule has 0 aromatic carbocycles. The number of hydrogen-bond acceptors (Lipinski definition) is 4. The summed E-state index contributed by atoms with van der Waals surface area (Å²) in [5.74, 6) is 0. The van der Waals surface area contributed by atoms with Crippen LogP contribution in [0.1, 0.15) is 6.92 Å². The average Bonchev–Trinajstić information content (AvgIpc) is 1.89. The highest BCUT2D eigenvalue weighted by molar-refractivity contribution is 6.23. The summed E-state index contributed by atoms with van der Waals surface area (Å²) in [6, 6.07) is 0. The van der Waals surface area contributed by atoms with Crippen LogP contribution in [0.15, 0.2) is 16.4 Å². The first kappa shape index (κ1) is 7.50. The third-order valence-electron chi connectivity index (χ3n) is 0.898. The van der Waals surface area contributed by atoms with E-state index < -0.39 is 5.18 Å². The van der Waals surface area contributed by atoms with Gasteiger partial charge < -0.3 is 4.74 Å². The quantitative estimate of drug-likeness (QED) is 0.488. The lowest BCUT2D eigenvalue weighted by Crippen LogP contribution is -2.23. The summed E-state index contributed by atoms with van der Waals surface area (Å²) in [7, 11) is 0. The lowest BCUT2D eigenvalue weighted by atomic mass is 10.5. The number of halogens is 1. The van der Waals surface area contributed by atoms with E-state index in [1.165, 1.54) is 6.08 Å². The van der Waals surface area contributed by atoms with Crippen LogP contribution in [0, 0.1) is 6.20 Å². The summed E-state index contributed by atoms with van der Waals surface area (Å²) < 4.78 is 5.02. The zero-order valence-corrected chi connectivity index (χ0v) is 6.22. The molecule has 1 radical (unpaired) electrons. The SMILES string of the molecule is CCOC1(Cl)C=[C]NN=N1. The Morgan fingerprint density at radius 1 is 1.90 bits per heavy atom. The second kappa shape index (κ2) is 2.98. The number of rotatable bonds is 2. The van der Waals surface area contributed by atoms with Gasteiger partial charge in [-0.3, -0.25) is 5.43 Å². The second-order valence-electron chi connectivity index (χ2n) is 1.64. The van der Waals surface area contributed by atoms with Crippen LogP contribution in [0.5, 0.6) is 0 Å². The predicted molar refractivity (Wildman–Crippen MR) is 36.0 cm³/mol. The third-order valence-corrected chi connectivity index (χ3v) is 1.19. The molecule has 0 fully saturated rings. The Morgan fingerprint density at radius 2 is 2.70 bits per heavy atom. The monoisotopic (exact) mass is 160 g/mol. The lowest BCUT2D eigenvalue weighted by molar-refractivity contribution is 0.0602. The van der Waals surface area contributed by atoms with Crippen LogP contribution in [0.3, 0.4) is 0 Å². The van der Waals surface area contributed by atoms with Crippen molar-refractivity contribution in [2.75, 3.05) is 6.61 Å². The summed E-state index contributed by atoms with van der Waals surface area (Å²) in [5.41, 5.74) is 2.39. The van der Waals surface area contributed by atoms with E-state index in [4.69, 9.17) is 16.3 Å². The lowest BCUT2D eigenvalue weighted by Gasteiger charge is -2.17. The number of hydrogen-bond donors (Lipinski definition) is 1. The standard InChI is InChI=1S/C5H7ClN3O/c1-2-10-5(6)3-4-7-9-8-5/h3H,2H2,1H3,(H,7,8). The van der Waals surface area contributed by atoms with E-state index in [1.807, 2.05) is 6.92 Å². The molecule has 1 aliphatic heterocycles. The molecule has 1 heterocycles. The van der Waals surface area contributed by atoms with Crippen LogP contribution < -0.4 is 5.43 Å². The molecule has 55 valence electrons. The van der Waals surface area contributed by atoms with Crippen molar-refractivity contribution in [1.29, 1.82) is 0 Å². The largest absolute Gasteiger partial charge is 0.337 e. The minimum absolute atomic E-state index is 0.487. The van der Waals surface area contributed by atoms with Crippen molar-refractivity contribution in [3.8, 4) is 0 Å². The maximum absolute atomic E-state index is 5.73. The van der Waals surface area contributed by atoms with E-state index in [9.17, 15) is 0 Å². The normalized spacial score (nSPS) is 30.2. The molecule has 1 rings (SSSR count). The third kappa shape index (κ3) is 1.68. The topological polar surface area (TPSA) is 46.0 Å². The molecule has 0 aromatic heterocycles.